The highest BCUT2D eigenvalue weighted by Crippen LogP contribution is 2.37. The molecule has 2 aromatic carbocycles. The van der Waals surface area contributed by atoms with Crippen molar-refractivity contribution in [3.05, 3.63) is 35.5 Å². The molecular formula is C18H23N5O3. The number of nitrogens with two attached hydrogens (primary N) is 1. The quantitative estimate of drug-likeness (QED) is 0.389. The van der Waals surface area contributed by atoms with Crippen LogP contribution in [0.4, 0.5) is 17.1 Å². The first-order valence-corrected chi connectivity index (χ1v) is 8.24. The zero-order chi connectivity index (χ0) is 18.8. The number of rotatable bonds is 6. The molecule has 0 aliphatic carbocycles. The lowest BCUT2D eigenvalue weighted by atomic mass is 10.0. The van der Waals surface area contributed by atoms with Crippen molar-refractivity contribution in [2.75, 3.05) is 45.3 Å². The third kappa shape index (κ3) is 3.35. The molecule has 1 atom stereocenters. The summed E-state index contributed by atoms with van der Waals surface area (Å²) in [5.41, 5.74) is 8.82. The van der Waals surface area contributed by atoms with E-state index in [1.165, 1.54) is 0 Å². The average Bonchev–Trinajstić information content (AvgIpc) is 2.61. The number of benzene rings is 2. The number of nitrogen functional groups attached to an aromatic ring is 1. The van der Waals surface area contributed by atoms with Gasteiger partial charge in [-0.25, -0.2) is 10.2 Å². The van der Waals surface area contributed by atoms with E-state index >= 15 is 0 Å². The van der Waals surface area contributed by atoms with Crippen LogP contribution in [0.1, 0.15) is 0 Å². The second-order valence-electron chi connectivity index (χ2n) is 6.33. The minimum Gasteiger partial charge on any atom is -0.595 e. The summed E-state index contributed by atoms with van der Waals surface area (Å²) in [5, 5.41) is 24.8. The van der Waals surface area contributed by atoms with Gasteiger partial charge in [-0.2, -0.15) is 5.23 Å². The first-order chi connectivity index (χ1) is 12.4. The van der Waals surface area contributed by atoms with Crippen LogP contribution in [-0.2, 0) is 0 Å². The summed E-state index contributed by atoms with van der Waals surface area (Å²) in [7, 11) is 5.56. The minimum absolute atomic E-state index is 0.127. The first-order valence-electron chi connectivity index (χ1n) is 8.24. The second kappa shape index (κ2) is 7.30. The number of hydrogen-bond acceptors (Lipinski definition) is 7. The van der Waals surface area contributed by atoms with Gasteiger partial charge in [0.15, 0.2) is 5.69 Å². The summed E-state index contributed by atoms with van der Waals surface area (Å²) < 4.78 is 5.27. The monoisotopic (exact) mass is 357 g/mol. The molecule has 0 bridgehead atoms. The molecule has 1 unspecified atom stereocenters. The summed E-state index contributed by atoms with van der Waals surface area (Å²) in [5.74, 6) is 0.668. The molecule has 1 aromatic heterocycles. The van der Waals surface area contributed by atoms with Crippen LogP contribution in [0.25, 0.3) is 21.8 Å². The van der Waals surface area contributed by atoms with Gasteiger partial charge in [-0.1, -0.05) is 0 Å². The van der Waals surface area contributed by atoms with Crippen molar-refractivity contribution in [2.45, 2.75) is 0 Å². The molecule has 3 rings (SSSR count). The van der Waals surface area contributed by atoms with E-state index in [0.29, 0.717) is 34.4 Å². The number of fused-ring (bicyclic) bond motifs is 2. The van der Waals surface area contributed by atoms with E-state index < -0.39 is 5.23 Å². The number of pyridine rings is 1. The molecule has 1 heterocycles. The Balaban J connectivity index is 2.24. The second-order valence-corrected chi connectivity index (χ2v) is 6.33. The zero-order valence-corrected chi connectivity index (χ0v) is 15.0. The maximum absolute atomic E-state index is 11.6. The molecule has 0 fully saturated rings. The molecule has 26 heavy (non-hydrogen) atoms. The average molecular weight is 357 g/mol. The van der Waals surface area contributed by atoms with Crippen LogP contribution in [0.2, 0.25) is 0 Å². The first kappa shape index (κ1) is 18.2. The van der Waals surface area contributed by atoms with Crippen LogP contribution in [-0.4, -0.2) is 49.4 Å². The maximum Gasteiger partial charge on any atom is 0.190 e. The zero-order valence-electron chi connectivity index (χ0n) is 15.0. The van der Waals surface area contributed by atoms with Gasteiger partial charge in [-0.15, -0.1) is 0 Å². The normalized spacial score (nSPS) is 12.7. The fourth-order valence-corrected chi connectivity index (χ4v) is 2.92. The summed E-state index contributed by atoms with van der Waals surface area (Å²) in [6.07, 6.45) is 0. The molecule has 3 aromatic rings. The van der Waals surface area contributed by atoms with Crippen molar-refractivity contribution in [1.82, 2.24) is 9.88 Å². The molecule has 5 N–H and O–H groups in total. The van der Waals surface area contributed by atoms with Crippen molar-refractivity contribution in [1.29, 1.82) is 0 Å². The van der Waals surface area contributed by atoms with E-state index in [4.69, 9.17) is 10.5 Å². The number of hydrogen-bond donors (Lipinski definition) is 4. The Morgan fingerprint density at radius 2 is 2.08 bits per heavy atom. The maximum atomic E-state index is 11.6. The van der Waals surface area contributed by atoms with Gasteiger partial charge in [0.2, 0.25) is 0 Å². The predicted octanol–water partition coefficient (Wildman–Crippen LogP) is 1.36. The Kier molecular flexibility index (Phi) is 5.10. The fraction of sp³-hybridized carbons (Fsp3) is 0.278. The number of aromatic nitrogens is 1. The highest BCUT2D eigenvalue weighted by Gasteiger charge is 2.18. The molecule has 0 aliphatic rings. The molecule has 0 saturated heterocycles. The Hall–Kier alpha value is -2.65. The SMILES string of the molecule is COc1ccc2nc3c([NH+]([O-])O)ccc(NCCN(C)C)c3c(N)c2c1. The standard InChI is InChI=1S/C18H23N5O3/c1-22(2)9-8-20-14-6-7-15(23(24)25)18-16(14)17(19)12-10-11(26-3)4-5-13(12)21-18/h4-7,10,20,23-24H,8-9H2,1-3H3,(H2,19,21). The van der Waals surface area contributed by atoms with E-state index in [2.05, 4.69) is 15.2 Å². The number of methoxy groups -OCH3 is 1. The molecule has 138 valence electrons. The van der Waals surface area contributed by atoms with Crippen molar-refractivity contribution < 1.29 is 15.2 Å². The Morgan fingerprint density at radius 3 is 2.73 bits per heavy atom. The van der Waals surface area contributed by atoms with E-state index in [0.717, 1.165) is 17.6 Å². The van der Waals surface area contributed by atoms with Crippen molar-refractivity contribution >= 4 is 38.9 Å². The Bertz CT molecular complexity index is 943. The molecule has 0 amide bonds. The van der Waals surface area contributed by atoms with Gasteiger partial charge in [0.25, 0.3) is 0 Å². The van der Waals surface area contributed by atoms with Crippen molar-refractivity contribution in [3.8, 4) is 5.75 Å². The lowest BCUT2D eigenvalue weighted by Gasteiger charge is -2.19. The molecule has 0 radical (unpaired) electrons. The van der Waals surface area contributed by atoms with Gasteiger partial charge in [0, 0.05) is 30.2 Å². The highest BCUT2D eigenvalue weighted by molar-refractivity contribution is 6.14. The van der Waals surface area contributed by atoms with Gasteiger partial charge >= 0.3 is 0 Å². The van der Waals surface area contributed by atoms with E-state index in [1.807, 2.05) is 20.2 Å². The molecule has 8 nitrogen and oxygen atoms in total. The number of quaternary nitrogens is 1. The Labute approximate surface area is 151 Å². The van der Waals surface area contributed by atoms with E-state index in [1.54, 1.807) is 31.4 Å². The van der Waals surface area contributed by atoms with Gasteiger partial charge < -0.3 is 25.9 Å². The number of nitrogens with one attached hydrogen (secondary N) is 2. The minimum atomic E-state index is -1.03. The highest BCUT2D eigenvalue weighted by atomic mass is 16.8. The van der Waals surface area contributed by atoms with Gasteiger partial charge in [0.05, 0.1) is 23.7 Å². The molecule has 0 spiro atoms. The molecule has 0 saturated carbocycles. The predicted molar refractivity (Wildman–Crippen MR) is 103 cm³/mol. The number of ether oxygens (including phenoxy) is 1. The van der Waals surface area contributed by atoms with Crippen LogP contribution >= 0.6 is 0 Å². The van der Waals surface area contributed by atoms with Gasteiger partial charge in [-0.3, -0.25) is 0 Å². The lowest BCUT2D eigenvalue weighted by Crippen LogP contribution is -2.99. The Morgan fingerprint density at radius 1 is 1.31 bits per heavy atom. The molecule has 0 aliphatic heterocycles. The third-order valence-electron chi connectivity index (χ3n) is 4.28. The molecule has 8 heteroatoms. The van der Waals surface area contributed by atoms with Crippen LogP contribution in [0, 0.1) is 5.21 Å². The molecular weight excluding hydrogens is 334 g/mol. The fourth-order valence-electron chi connectivity index (χ4n) is 2.92. The van der Waals surface area contributed by atoms with E-state index in [9.17, 15) is 10.4 Å². The topological polar surface area (TPSA) is 111 Å². The summed E-state index contributed by atoms with van der Waals surface area (Å²) in [6, 6.07) is 8.67. The smallest absolute Gasteiger partial charge is 0.190 e. The van der Waals surface area contributed by atoms with Crippen LogP contribution in [0.15, 0.2) is 30.3 Å². The number of anilines is 2. The number of likely N-dealkylation sites (N-methyl/N-ethyl adjacent to an activating group) is 1. The lowest BCUT2D eigenvalue weighted by molar-refractivity contribution is -0.990. The van der Waals surface area contributed by atoms with E-state index in [-0.39, 0.29) is 5.69 Å². The van der Waals surface area contributed by atoms with Crippen molar-refractivity contribution in [3.63, 3.8) is 0 Å². The summed E-state index contributed by atoms with van der Waals surface area (Å²) in [6.45, 7) is 1.53. The number of nitrogens with zero attached hydrogens (tertiary/aromatic N) is 2. The van der Waals surface area contributed by atoms with Crippen LogP contribution < -0.4 is 21.0 Å². The van der Waals surface area contributed by atoms with Crippen LogP contribution in [0.5, 0.6) is 5.75 Å². The summed E-state index contributed by atoms with van der Waals surface area (Å²) >= 11 is 0. The van der Waals surface area contributed by atoms with Crippen LogP contribution in [0.3, 0.4) is 0 Å². The third-order valence-corrected chi connectivity index (χ3v) is 4.28. The summed E-state index contributed by atoms with van der Waals surface area (Å²) in [4.78, 5) is 6.63. The largest absolute Gasteiger partial charge is 0.595 e. The van der Waals surface area contributed by atoms with Crippen molar-refractivity contribution in [2.24, 2.45) is 0 Å². The van der Waals surface area contributed by atoms with Gasteiger partial charge in [-0.05, 0) is 38.4 Å². The van der Waals surface area contributed by atoms with Gasteiger partial charge in [0.1, 0.15) is 11.3 Å².